The molecule has 0 bridgehead atoms. The molecule has 1 aliphatic rings. The number of carbonyl (C=O) groups excluding carboxylic acids is 1. The standard InChI is InChI=1S/C16H21N4O6P/c17-13(9-25-27(22,23)24)15(21)18-12-7-5-10(6-8-12)14-19-16(26-20-14)11-3-1-2-4-11/h5-8,11,13H,1-4,9,17H2,(H,18,21)(H2,22,23,24). The molecule has 10 nitrogen and oxygen atoms in total. The van der Waals surface area contributed by atoms with Gasteiger partial charge in [0.15, 0.2) is 0 Å². The van der Waals surface area contributed by atoms with E-state index in [0.717, 1.165) is 18.4 Å². The molecule has 1 heterocycles. The molecule has 11 heteroatoms. The zero-order valence-electron chi connectivity index (χ0n) is 14.4. The maximum atomic E-state index is 11.9. The van der Waals surface area contributed by atoms with Gasteiger partial charge in [0.1, 0.15) is 6.04 Å². The molecule has 1 aromatic heterocycles. The number of amides is 1. The Morgan fingerprint density at radius 2 is 2.00 bits per heavy atom. The van der Waals surface area contributed by atoms with Crippen LogP contribution in [0.1, 0.15) is 37.5 Å². The van der Waals surface area contributed by atoms with E-state index in [-0.39, 0.29) is 0 Å². The van der Waals surface area contributed by atoms with Crippen LogP contribution < -0.4 is 11.1 Å². The summed E-state index contributed by atoms with van der Waals surface area (Å²) in [6.07, 6.45) is 4.49. The number of nitrogens with one attached hydrogen (secondary N) is 1. The van der Waals surface area contributed by atoms with Crippen molar-refractivity contribution in [2.75, 3.05) is 11.9 Å². The van der Waals surface area contributed by atoms with Crippen LogP contribution in [0.25, 0.3) is 11.4 Å². The summed E-state index contributed by atoms with van der Waals surface area (Å²) in [5, 5.41) is 6.56. The van der Waals surface area contributed by atoms with E-state index in [1.54, 1.807) is 24.3 Å². The summed E-state index contributed by atoms with van der Waals surface area (Å²) in [6, 6.07) is 5.54. The number of hydrogen-bond acceptors (Lipinski definition) is 7. The van der Waals surface area contributed by atoms with Crippen LogP contribution in [0.4, 0.5) is 5.69 Å². The first-order valence-electron chi connectivity index (χ1n) is 8.52. The van der Waals surface area contributed by atoms with Gasteiger partial charge in [0.25, 0.3) is 0 Å². The highest BCUT2D eigenvalue weighted by Gasteiger charge is 2.23. The van der Waals surface area contributed by atoms with E-state index < -0.39 is 26.4 Å². The molecule has 1 fully saturated rings. The van der Waals surface area contributed by atoms with E-state index in [4.69, 9.17) is 20.0 Å². The van der Waals surface area contributed by atoms with Gasteiger partial charge in [0.05, 0.1) is 6.61 Å². The summed E-state index contributed by atoms with van der Waals surface area (Å²) in [7, 11) is -4.67. The van der Waals surface area contributed by atoms with Crippen LogP contribution in [-0.4, -0.2) is 38.5 Å². The SMILES string of the molecule is NC(COP(=O)(O)O)C(=O)Nc1ccc(-c2noc(C3CCCC3)n2)cc1. The maximum Gasteiger partial charge on any atom is 0.469 e. The minimum atomic E-state index is -4.67. The second-order valence-electron chi connectivity index (χ2n) is 6.40. The first kappa shape index (κ1) is 19.7. The zero-order chi connectivity index (χ0) is 19.4. The van der Waals surface area contributed by atoms with E-state index in [2.05, 4.69) is 20.0 Å². The predicted octanol–water partition coefficient (Wildman–Crippen LogP) is 1.77. The van der Waals surface area contributed by atoms with E-state index >= 15 is 0 Å². The summed E-state index contributed by atoms with van der Waals surface area (Å²) >= 11 is 0. The lowest BCUT2D eigenvalue weighted by molar-refractivity contribution is -0.118. The molecule has 1 aromatic carbocycles. The third kappa shape index (κ3) is 5.44. The lowest BCUT2D eigenvalue weighted by atomic mass is 10.1. The van der Waals surface area contributed by atoms with Crippen molar-refractivity contribution in [3.63, 3.8) is 0 Å². The lowest BCUT2D eigenvalue weighted by Gasteiger charge is -2.13. The van der Waals surface area contributed by atoms with Crippen LogP contribution in [0.2, 0.25) is 0 Å². The van der Waals surface area contributed by atoms with Gasteiger partial charge in [0, 0.05) is 17.2 Å². The number of aromatic nitrogens is 2. The van der Waals surface area contributed by atoms with Gasteiger partial charge < -0.3 is 25.4 Å². The highest BCUT2D eigenvalue weighted by atomic mass is 31.2. The Balaban J connectivity index is 1.58. The smallest absolute Gasteiger partial charge is 0.339 e. The van der Waals surface area contributed by atoms with Crippen molar-refractivity contribution in [2.45, 2.75) is 37.6 Å². The van der Waals surface area contributed by atoms with Crippen molar-refractivity contribution >= 4 is 19.4 Å². The maximum absolute atomic E-state index is 11.9. The predicted molar refractivity (Wildman–Crippen MR) is 95.5 cm³/mol. The minimum Gasteiger partial charge on any atom is -0.339 e. The number of carbonyl (C=O) groups is 1. The van der Waals surface area contributed by atoms with Crippen LogP contribution in [0, 0.1) is 0 Å². The third-order valence-electron chi connectivity index (χ3n) is 4.32. The highest BCUT2D eigenvalue weighted by Crippen LogP contribution is 2.35. The molecule has 0 spiro atoms. The van der Waals surface area contributed by atoms with E-state index in [9.17, 15) is 9.36 Å². The first-order chi connectivity index (χ1) is 12.8. The van der Waals surface area contributed by atoms with Gasteiger partial charge in [-0.1, -0.05) is 18.0 Å². The number of phosphoric ester groups is 1. The normalized spacial score (nSPS) is 16.4. The quantitative estimate of drug-likeness (QED) is 0.511. The Morgan fingerprint density at radius 1 is 1.33 bits per heavy atom. The van der Waals surface area contributed by atoms with E-state index in [0.29, 0.717) is 23.3 Å². The first-order valence-corrected chi connectivity index (χ1v) is 10.1. The molecular weight excluding hydrogens is 375 g/mol. The van der Waals surface area contributed by atoms with Crippen molar-refractivity contribution in [3.8, 4) is 11.4 Å². The molecule has 5 N–H and O–H groups in total. The van der Waals surface area contributed by atoms with Crippen LogP contribution >= 0.6 is 7.82 Å². The molecule has 3 rings (SSSR count). The third-order valence-corrected chi connectivity index (χ3v) is 4.80. The number of nitrogens with two attached hydrogens (primary N) is 1. The molecule has 0 radical (unpaired) electrons. The van der Waals surface area contributed by atoms with Gasteiger partial charge in [-0.3, -0.25) is 9.32 Å². The molecule has 1 unspecified atom stereocenters. The van der Waals surface area contributed by atoms with E-state index in [1.165, 1.54) is 12.8 Å². The molecule has 1 saturated carbocycles. The Kier molecular flexibility index (Phi) is 6.03. The average molecular weight is 396 g/mol. The van der Waals surface area contributed by atoms with Crippen molar-refractivity contribution < 1.29 is 28.2 Å². The summed E-state index contributed by atoms with van der Waals surface area (Å²) in [5.74, 6) is 0.860. The van der Waals surface area contributed by atoms with Gasteiger partial charge in [-0.25, -0.2) is 4.57 Å². The highest BCUT2D eigenvalue weighted by molar-refractivity contribution is 7.46. The summed E-state index contributed by atoms with van der Waals surface area (Å²) in [5.41, 5.74) is 6.76. The Hall–Kier alpha value is -2.10. The molecule has 1 atom stereocenters. The molecule has 1 aliphatic carbocycles. The monoisotopic (exact) mass is 396 g/mol. The summed E-state index contributed by atoms with van der Waals surface area (Å²) in [6.45, 7) is -0.596. The molecule has 0 saturated heterocycles. The van der Waals surface area contributed by atoms with Crippen molar-refractivity contribution in [1.82, 2.24) is 10.1 Å². The molecule has 2 aromatic rings. The van der Waals surface area contributed by atoms with Crippen molar-refractivity contribution in [1.29, 1.82) is 0 Å². The van der Waals surface area contributed by atoms with Crippen molar-refractivity contribution in [2.24, 2.45) is 5.73 Å². The second kappa shape index (κ2) is 8.28. The minimum absolute atomic E-state index is 0.335. The van der Waals surface area contributed by atoms with E-state index in [1.807, 2.05) is 0 Å². The topological polar surface area (TPSA) is 161 Å². The van der Waals surface area contributed by atoms with Crippen LogP contribution in [0.15, 0.2) is 28.8 Å². The Bertz CT molecular complexity index is 828. The van der Waals surface area contributed by atoms with Crippen molar-refractivity contribution in [3.05, 3.63) is 30.2 Å². The van der Waals surface area contributed by atoms with Gasteiger partial charge >= 0.3 is 7.82 Å². The molecule has 1 amide bonds. The second-order valence-corrected chi connectivity index (χ2v) is 7.64. The fourth-order valence-corrected chi connectivity index (χ4v) is 3.24. The fourth-order valence-electron chi connectivity index (χ4n) is 2.88. The van der Waals surface area contributed by atoms with Gasteiger partial charge in [-0.15, -0.1) is 0 Å². The fraction of sp³-hybridized carbons (Fsp3) is 0.438. The van der Waals surface area contributed by atoms with Gasteiger partial charge in [-0.2, -0.15) is 4.98 Å². The number of phosphoric acid groups is 1. The largest absolute Gasteiger partial charge is 0.469 e. The number of rotatable bonds is 7. The number of anilines is 1. The number of nitrogens with zero attached hydrogens (tertiary/aromatic N) is 2. The van der Waals surface area contributed by atoms with Crippen LogP contribution in [-0.2, 0) is 13.9 Å². The molecule has 146 valence electrons. The molecular formula is C16H21N4O6P. The Morgan fingerprint density at radius 3 is 2.63 bits per heavy atom. The molecule has 27 heavy (non-hydrogen) atoms. The summed E-state index contributed by atoms with van der Waals surface area (Å²) in [4.78, 5) is 33.6. The zero-order valence-corrected chi connectivity index (χ0v) is 15.3. The average Bonchev–Trinajstić information content (AvgIpc) is 3.31. The van der Waals surface area contributed by atoms with Gasteiger partial charge in [-0.05, 0) is 37.1 Å². The van der Waals surface area contributed by atoms with Crippen LogP contribution in [0.5, 0.6) is 0 Å². The van der Waals surface area contributed by atoms with Gasteiger partial charge in [0.2, 0.25) is 17.6 Å². The number of benzene rings is 1. The molecule has 0 aliphatic heterocycles. The van der Waals surface area contributed by atoms with Crippen LogP contribution in [0.3, 0.4) is 0 Å². The number of hydrogen-bond donors (Lipinski definition) is 4. The Labute approximate surface area is 155 Å². The lowest BCUT2D eigenvalue weighted by Crippen LogP contribution is -2.39. The summed E-state index contributed by atoms with van der Waals surface area (Å²) < 4.78 is 20.2.